The molecule has 0 atom stereocenters. The number of hydrogen-bond acceptors (Lipinski definition) is 2. The highest BCUT2D eigenvalue weighted by Crippen LogP contribution is 2.54. The third-order valence-corrected chi connectivity index (χ3v) is 4.27. The number of rotatable bonds is 2. The van der Waals surface area contributed by atoms with E-state index in [1.54, 1.807) is 11.3 Å². The lowest BCUT2D eigenvalue weighted by Gasteiger charge is -2.11. The van der Waals surface area contributed by atoms with Gasteiger partial charge in [0.2, 0.25) is 0 Å². The molecule has 1 heterocycles. The number of aromatic nitrogens is 1. The Morgan fingerprint density at radius 2 is 1.58 bits per heavy atom. The molecule has 19 heavy (non-hydrogen) atoms. The summed E-state index contributed by atoms with van der Waals surface area (Å²) in [5.41, 5.74) is 2.84. The minimum absolute atomic E-state index is 0.264. The predicted molar refractivity (Wildman–Crippen MR) is 86.0 cm³/mol. The van der Waals surface area contributed by atoms with Crippen LogP contribution in [-0.4, -0.2) is 4.98 Å². The molecule has 1 nitrogen and oxygen atoms in total. The number of hydrogen-bond donors (Lipinski definition) is 0. The minimum Gasteiger partial charge on any atom is -0.246 e. The average molecular weight is 275 g/mol. The van der Waals surface area contributed by atoms with E-state index in [0.29, 0.717) is 0 Å². The summed E-state index contributed by atoms with van der Waals surface area (Å²) in [6, 6.07) is 10.8. The van der Waals surface area contributed by atoms with Gasteiger partial charge in [0, 0.05) is 16.5 Å². The van der Waals surface area contributed by atoms with Crippen LogP contribution in [0.25, 0.3) is 0 Å². The molecule has 0 bridgehead atoms. The van der Waals surface area contributed by atoms with Crippen molar-refractivity contribution in [3.63, 3.8) is 0 Å². The first-order valence-electron chi connectivity index (χ1n) is 7.29. The van der Waals surface area contributed by atoms with Crippen LogP contribution in [-0.2, 0) is 5.41 Å². The van der Waals surface area contributed by atoms with E-state index >= 15 is 0 Å². The molecule has 104 valence electrons. The summed E-state index contributed by atoms with van der Waals surface area (Å²) >= 11 is 1.80. The van der Waals surface area contributed by atoms with E-state index in [0.717, 1.165) is 5.69 Å². The van der Waals surface area contributed by atoms with Gasteiger partial charge in [0.05, 0.1) is 0 Å². The highest BCUT2D eigenvalue weighted by atomic mass is 32.1. The van der Waals surface area contributed by atoms with Gasteiger partial charge in [-0.25, -0.2) is 4.98 Å². The fourth-order valence-electron chi connectivity index (χ4n) is 2.08. The standard InChI is InChI=1S/C13H13NS.2C2H6/c1-10-9-15-12(14-10)13(7-8-13)11-5-3-2-4-6-11;2*1-2/h2-6,9H,7-8H2,1H3;2*1-2H3. The third-order valence-electron chi connectivity index (χ3n) is 3.10. The predicted octanol–water partition coefficient (Wildman–Crippen LogP) is 5.58. The quantitative estimate of drug-likeness (QED) is 0.696. The molecule has 0 spiro atoms. The van der Waals surface area contributed by atoms with Gasteiger partial charge in [0.25, 0.3) is 0 Å². The number of aryl methyl sites for hydroxylation is 1. The van der Waals surface area contributed by atoms with Crippen LogP contribution in [0.1, 0.15) is 56.8 Å². The normalized spacial score (nSPS) is 14.6. The summed E-state index contributed by atoms with van der Waals surface area (Å²) < 4.78 is 0. The first kappa shape index (κ1) is 15.9. The largest absolute Gasteiger partial charge is 0.246 e. The fraction of sp³-hybridized carbons (Fsp3) is 0.471. The number of thiazole rings is 1. The second kappa shape index (κ2) is 7.44. The molecule has 0 N–H and O–H groups in total. The highest BCUT2D eigenvalue weighted by Gasteiger charge is 2.48. The average Bonchev–Trinajstić information content (AvgIpc) is 3.20. The molecule has 2 aromatic rings. The summed E-state index contributed by atoms with van der Waals surface area (Å²) in [6.07, 6.45) is 2.51. The zero-order valence-corrected chi connectivity index (χ0v) is 13.6. The van der Waals surface area contributed by atoms with Crippen LogP contribution >= 0.6 is 11.3 Å². The summed E-state index contributed by atoms with van der Waals surface area (Å²) in [5.74, 6) is 0. The molecular formula is C17H25NS. The van der Waals surface area contributed by atoms with Gasteiger partial charge in [-0.05, 0) is 25.3 Å². The topological polar surface area (TPSA) is 12.9 Å². The molecule has 0 unspecified atom stereocenters. The maximum Gasteiger partial charge on any atom is 0.103 e. The van der Waals surface area contributed by atoms with Gasteiger partial charge in [-0.3, -0.25) is 0 Å². The molecule has 1 aliphatic rings. The van der Waals surface area contributed by atoms with Crippen molar-refractivity contribution in [1.82, 2.24) is 4.98 Å². The Labute approximate surface area is 121 Å². The van der Waals surface area contributed by atoms with E-state index < -0.39 is 0 Å². The van der Waals surface area contributed by atoms with Crippen molar-refractivity contribution in [2.24, 2.45) is 0 Å². The van der Waals surface area contributed by atoms with Crippen LogP contribution in [0.5, 0.6) is 0 Å². The second-order valence-corrected chi connectivity index (χ2v) is 5.10. The van der Waals surface area contributed by atoms with Crippen LogP contribution in [0.4, 0.5) is 0 Å². The Hall–Kier alpha value is -1.15. The third kappa shape index (κ3) is 3.44. The van der Waals surface area contributed by atoms with Crippen LogP contribution in [0, 0.1) is 6.92 Å². The zero-order valence-electron chi connectivity index (χ0n) is 12.7. The van der Waals surface area contributed by atoms with Gasteiger partial charge in [0.15, 0.2) is 0 Å². The Bertz CT molecular complexity index is 469. The first-order valence-corrected chi connectivity index (χ1v) is 8.17. The SMILES string of the molecule is CC.CC.Cc1csc(C2(c3ccccc3)CC2)n1. The van der Waals surface area contributed by atoms with Crippen molar-refractivity contribution < 1.29 is 0 Å². The van der Waals surface area contributed by atoms with E-state index in [1.807, 2.05) is 27.7 Å². The molecule has 0 amide bonds. The van der Waals surface area contributed by atoms with Gasteiger partial charge in [-0.15, -0.1) is 11.3 Å². The molecule has 0 radical (unpaired) electrons. The Balaban J connectivity index is 0.000000415. The Morgan fingerprint density at radius 3 is 2.00 bits per heavy atom. The van der Waals surface area contributed by atoms with Gasteiger partial charge < -0.3 is 0 Å². The summed E-state index contributed by atoms with van der Waals surface area (Å²) in [7, 11) is 0. The van der Waals surface area contributed by atoms with E-state index in [-0.39, 0.29) is 5.41 Å². The molecule has 0 aliphatic heterocycles. The van der Waals surface area contributed by atoms with Crippen LogP contribution in [0.2, 0.25) is 0 Å². The highest BCUT2D eigenvalue weighted by molar-refractivity contribution is 7.09. The van der Waals surface area contributed by atoms with Crippen LogP contribution < -0.4 is 0 Å². The maximum absolute atomic E-state index is 4.64. The fourth-order valence-corrected chi connectivity index (χ4v) is 3.16. The Kier molecular flexibility index (Phi) is 6.23. The summed E-state index contributed by atoms with van der Waals surface area (Å²) in [6.45, 7) is 10.1. The van der Waals surface area contributed by atoms with Gasteiger partial charge in [-0.1, -0.05) is 58.0 Å². The molecule has 1 aromatic carbocycles. The smallest absolute Gasteiger partial charge is 0.103 e. The number of benzene rings is 1. The van der Waals surface area contributed by atoms with Crippen LogP contribution in [0.3, 0.4) is 0 Å². The van der Waals surface area contributed by atoms with Crippen LogP contribution in [0.15, 0.2) is 35.7 Å². The zero-order chi connectivity index (χ0) is 14.3. The van der Waals surface area contributed by atoms with Gasteiger partial charge in [0.1, 0.15) is 5.01 Å². The minimum atomic E-state index is 0.264. The lowest BCUT2D eigenvalue weighted by atomic mass is 9.97. The number of nitrogens with zero attached hydrogens (tertiary/aromatic N) is 1. The van der Waals surface area contributed by atoms with Crippen molar-refractivity contribution >= 4 is 11.3 Å². The van der Waals surface area contributed by atoms with E-state index in [1.165, 1.54) is 23.4 Å². The molecule has 3 rings (SSSR count). The summed E-state index contributed by atoms with van der Waals surface area (Å²) in [5, 5.41) is 3.45. The monoisotopic (exact) mass is 275 g/mol. The summed E-state index contributed by atoms with van der Waals surface area (Å²) in [4.78, 5) is 4.64. The van der Waals surface area contributed by atoms with E-state index in [2.05, 4.69) is 47.6 Å². The van der Waals surface area contributed by atoms with Gasteiger partial charge >= 0.3 is 0 Å². The molecule has 1 fully saturated rings. The molecule has 1 saturated carbocycles. The molecule has 2 heteroatoms. The van der Waals surface area contributed by atoms with Crippen molar-refractivity contribution in [1.29, 1.82) is 0 Å². The molecule has 1 aliphatic carbocycles. The van der Waals surface area contributed by atoms with E-state index in [4.69, 9.17) is 0 Å². The van der Waals surface area contributed by atoms with Crippen molar-refractivity contribution in [3.05, 3.63) is 52.0 Å². The van der Waals surface area contributed by atoms with Crippen molar-refractivity contribution in [2.45, 2.75) is 52.9 Å². The first-order chi connectivity index (χ1) is 9.31. The van der Waals surface area contributed by atoms with E-state index in [9.17, 15) is 0 Å². The maximum atomic E-state index is 4.64. The molecule has 0 saturated heterocycles. The van der Waals surface area contributed by atoms with Gasteiger partial charge in [-0.2, -0.15) is 0 Å². The molecular weight excluding hydrogens is 250 g/mol. The molecule has 1 aromatic heterocycles. The van der Waals surface area contributed by atoms with Crippen molar-refractivity contribution in [3.8, 4) is 0 Å². The Morgan fingerprint density at radius 1 is 1.00 bits per heavy atom. The lowest BCUT2D eigenvalue weighted by Crippen LogP contribution is -2.07. The van der Waals surface area contributed by atoms with Crippen molar-refractivity contribution in [2.75, 3.05) is 0 Å². The second-order valence-electron chi connectivity index (χ2n) is 4.24. The lowest BCUT2D eigenvalue weighted by molar-refractivity contribution is 0.828.